The van der Waals surface area contributed by atoms with E-state index in [0.29, 0.717) is 0 Å². The van der Waals surface area contributed by atoms with Crippen molar-refractivity contribution in [3.8, 4) is 0 Å². The molecule has 0 aliphatic carbocycles. The molecule has 1 rings (SSSR count). The minimum absolute atomic E-state index is 0.259. The van der Waals surface area contributed by atoms with Crippen LogP contribution >= 0.6 is 0 Å². The lowest BCUT2D eigenvalue weighted by Gasteiger charge is -1.98. The van der Waals surface area contributed by atoms with Crippen LogP contribution in [0.2, 0.25) is 0 Å². The van der Waals surface area contributed by atoms with Gasteiger partial charge < -0.3 is 11.1 Å². The van der Waals surface area contributed by atoms with Crippen LogP contribution in [0, 0.1) is 0 Å². The van der Waals surface area contributed by atoms with Crippen molar-refractivity contribution >= 4 is 6.03 Å². The van der Waals surface area contributed by atoms with E-state index in [1.807, 2.05) is 0 Å². The molecule has 1 heterocycles. The van der Waals surface area contributed by atoms with Gasteiger partial charge in [-0.25, -0.2) is 9.48 Å². The van der Waals surface area contributed by atoms with E-state index in [2.05, 4.69) is 15.6 Å². The zero-order valence-corrected chi connectivity index (χ0v) is 5.19. The largest absolute Gasteiger partial charge is 0.352 e. The van der Waals surface area contributed by atoms with E-state index in [9.17, 15) is 4.79 Å². The van der Waals surface area contributed by atoms with Gasteiger partial charge in [0.2, 0.25) is 0 Å². The van der Waals surface area contributed by atoms with Gasteiger partial charge >= 0.3 is 6.03 Å². The maximum absolute atomic E-state index is 10.1. The van der Waals surface area contributed by atoms with Crippen molar-refractivity contribution in [3.63, 3.8) is 0 Å². The van der Waals surface area contributed by atoms with E-state index in [0.717, 1.165) is 0 Å². The highest BCUT2D eigenvalue weighted by atomic mass is 16.2. The van der Waals surface area contributed by atoms with Gasteiger partial charge in [0, 0.05) is 6.20 Å². The molecule has 0 fully saturated rings. The van der Waals surface area contributed by atoms with Crippen molar-refractivity contribution in [2.75, 3.05) is 0 Å². The first-order chi connectivity index (χ1) is 4.79. The molecule has 6 heteroatoms. The lowest BCUT2D eigenvalue weighted by Crippen LogP contribution is -2.31. The summed E-state index contributed by atoms with van der Waals surface area (Å²) < 4.78 is 1.45. The van der Waals surface area contributed by atoms with Crippen LogP contribution in [-0.4, -0.2) is 21.0 Å². The predicted octanol–water partition coefficient (Wildman–Crippen LogP) is -1.10. The normalized spacial score (nSPS) is 9.20. The van der Waals surface area contributed by atoms with Gasteiger partial charge in [-0.2, -0.15) is 0 Å². The molecular weight excluding hydrogens is 134 g/mol. The summed E-state index contributed by atoms with van der Waals surface area (Å²) in [6.07, 6.45) is 3.14. The summed E-state index contributed by atoms with van der Waals surface area (Å²) in [5.41, 5.74) is 4.80. The summed E-state index contributed by atoms with van der Waals surface area (Å²) in [6, 6.07) is -0.574. The molecule has 0 aromatic carbocycles. The molecule has 0 saturated heterocycles. The second kappa shape index (κ2) is 2.81. The standard InChI is InChI=1S/C4H7N5O/c5-4(10)6-3-9-2-1-7-8-9/h1-2H,3H2,(H3,5,6,10). The zero-order chi connectivity index (χ0) is 7.40. The molecule has 0 unspecified atom stereocenters. The van der Waals surface area contributed by atoms with Gasteiger partial charge in [-0.15, -0.1) is 5.10 Å². The van der Waals surface area contributed by atoms with Crippen LogP contribution in [0.1, 0.15) is 0 Å². The fraction of sp³-hybridized carbons (Fsp3) is 0.250. The quantitative estimate of drug-likeness (QED) is 0.548. The third-order valence-corrected chi connectivity index (χ3v) is 0.887. The Morgan fingerprint density at radius 1 is 1.80 bits per heavy atom. The van der Waals surface area contributed by atoms with Gasteiger partial charge in [0.05, 0.1) is 6.20 Å². The van der Waals surface area contributed by atoms with Crippen LogP contribution < -0.4 is 11.1 Å². The Morgan fingerprint density at radius 3 is 3.10 bits per heavy atom. The predicted molar refractivity (Wildman–Crippen MR) is 32.7 cm³/mol. The molecular formula is C4H7N5O. The van der Waals surface area contributed by atoms with Gasteiger partial charge in [-0.1, -0.05) is 5.21 Å². The monoisotopic (exact) mass is 141 g/mol. The van der Waals surface area contributed by atoms with Crippen molar-refractivity contribution in [1.82, 2.24) is 20.3 Å². The summed E-state index contributed by atoms with van der Waals surface area (Å²) in [4.78, 5) is 10.1. The van der Waals surface area contributed by atoms with E-state index < -0.39 is 6.03 Å². The first-order valence-corrected chi connectivity index (χ1v) is 2.66. The first-order valence-electron chi connectivity index (χ1n) is 2.66. The van der Waals surface area contributed by atoms with Crippen LogP contribution in [0.4, 0.5) is 4.79 Å². The maximum atomic E-state index is 10.1. The van der Waals surface area contributed by atoms with Crippen molar-refractivity contribution in [3.05, 3.63) is 12.4 Å². The number of nitrogens with two attached hydrogens (primary N) is 1. The molecule has 0 bridgehead atoms. The Bertz CT molecular complexity index is 205. The number of rotatable bonds is 2. The van der Waals surface area contributed by atoms with Crippen LogP contribution in [0.3, 0.4) is 0 Å². The second-order valence-electron chi connectivity index (χ2n) is 1.64. The van der Waals surface area contributed by atoms with E-state index in [1.165, 1.54) is 10.9 Å². The molecule has 0 saturated carbocycles. The molecule has 3 N–H and O–H groups in total. The Morgan fingerprint density at radius 2 is 2.60 bits per heavy atom. The topological polar surface area (TPSA) is 85.8 Å². The van der Waals surface area contributed by atoms with Gasteiger partial charge in [-0.3, -0.25) is 0 Å². The van der Waals surface area contributed by atoms with Gasteiger partial charge in [0.25, 0.3) is 0 Å². The van der Waals surface area contributed by atoms with Gasteiger partial charge in [0.1, 0.15) is 6.67 Å². The van der Waals surface area contributed by atoms with Crippen LogP contribution in [-0.2, 0) is 6.67 Å². The summed E-state index contributed by atoms with van der Waals surface area (Å²) in [6.45, 7) is 0.259. The molecule has 0 spiro atoms. The maximum Gasteiger partial charge on any atom is 0.313 e. The van der Waals surface area contributed by atoms with Crippen LogP contribution in [0.15, 0.2) is 12.4 Å². The van der Waals surface area contributed by atoms with Gasteiger partial charge in [-0.05, 0) is 0 Å². The first kappa shape index (κ1) is 6.53. The second-order valence-corrected chi connectivity index (χ2v) is 1.64. The molecule has 1 aromatic rings. The van der Waals surface area contributed by atoms with Crippen molar-refractivity contribution in [2.24, 2.45) is 5.73 Å². The zero-order valence-electron chi connectivity index (χ0n) is 5.19. The van der Waals surface area contributed by atoms with Crippen molar-refractivity contribution < 1.29 is 4.79 Å². The van der Waals surface area contributed by atoms with Gasteiger partial charge in [0.15, 0.2) is 0 Å². The third-order valence-electron chi connectivity index (χ3n) is 0.887. The summed E-state index contributed by atoms with van der Waals surface area (Å²) in [5, 5.41) is 9.45. The number of carbonyl (C=O) groups excluding carboxylic acids is 1. The molecule has 0 aliphatic heterocycles. The van der Waals surface area contributed by atoms with Crippen molar-refractivity contribution in [2.45, 2.75) is 6.67 Å². The fourth-order valence-corrected chi connectivity index (χ4v) is 0.476. The van der Waals surface area contributed by atoms with E-state index >= 15 is 0 Å². The molecule has 0 aliphatic rings. The lowest BCUT2D eigenvalue weighted by atomic mass is 10.8. The highest BCUT2D eigenvalue weighted by molar-refractivity contribution is 5.71. The lowest BCUT2D eigenvalue weighted by molar-refractivity contribution is 0.245. The molecule has 1 aromatic heterocycles. The summed E-state index contributed by atoms with van der Waals surface area (Å²) in [5.74, 6) is 0. The molecule has 0 radical (unpaired) electrons. The number of nitrogens with one attached hydrogen (secondary N) is 1. The third kappa shape index (κ3) is 1.73. The highest BCUT2D eigenvalue weighted by Gasteiger charge is 1.91. The number of urea groups is 1. The SMILES string of the molecule is NC(=O)NCn1ccnn1. The number of carbonyl (C=O) groups is 1. The molecule has 10 heavy (non-hydrogen) atoms. The number of aromatic nitrogens is 3. The Hall–Kier alpha value is -1.59. The van der Waals surface area contributed by atoms with Crippen LogP contribution in [0.5, 0.6) is 0 Å². The average Bonchev–Trinajstić information content (AvgIpc) is 2.34. The average molecular weight is 141 g/mol. The minimum atomic E-state index is -0.574. The molecule has 6 nitrogen and oxygen atoms in total. The Kier molecular flexibility index (Phi) is 1.83. The van der Waals surface area contributed by atoms with E-state index in [4.69, 9.17) is 5.73 Å². The smallest absolute Gasteiger partial charge is 0.313 e. The molecule has 54 valence electrons. The van der Waals surface area contributed by atoms with Crippen molar-refractivity contribution in [1.29, 1.82) is 0 Å². The van der Waals surface area contributed by atoms with E-state index in [1.54, 1.807) is 6.20 Å². The van der Waals surface area contributed by atoms with E-state index in [-0.39, 0.29) is 6.67 Å². The molecule has 0 atom stereocenters. The summed E-state index contributed by atoms with van der Waals surface area (Å²) >= 11 is 0. The highest BCUT2D eigenvalue weighted by Crippen LogP contribution is 1.75. The number of hydrogen-bond donors (Lipinski definition) is 2. The summed E-state index contributed by atoms with van der Waals surface area (Å²) in [7, 11) is 0. The number of hydrogen-bond acceptors (Lipinski definition) is 3. The fourth-order valence-electron chi connectivity index (χ4n) is 0.476. The Labute approximate surface area is 57.0 Å². The number of nitrogens with zero attached hydrogens (tertiary/aromatic N) is 3. The Balaban J connectivity index is 2.35. The number of primary amides is 1. The molecule has 2 amide bonds. The van der Waals surface area contributed by atoms with Crippen LogP contribution in [0.25, 0.3) is 0 Å². The minimum Gasteiger partial charge on any atom is -0.352 e. The number of amides is 2.